The Morgan fingerprint density at radius 1 is 0.896 bits per heavy atom. The summed E-state index contributed by atoms with van der Waals surface area (Å²) in [6.45, 7) is 9.08. The Morgan fingerprint density at radius 3 is 2.10 bits per heavy atom. The van der Waals surface area contributed by atoms with Gasteiger partial charge in [-0.15, -0.1) is 16.7 Å². The molecule has 0 radical (unpaired) electrons. The van der Waals surface area contributed by atoms with Crippen molar-refractivity contribution in [3.8, 4) is 11.8 Å². The van der Waals surface area contributed by atoms with E-state index >= 15 is 0 Å². The van der Waals surface area contributed by atoms with Gasteiger partial charge in [-0.05, 0) is 83.0 Å². The molecule has 48 heavy (non-hydrogen) atoms. The Balaban J connectivity index is 1.77. The molecule has 7 atom stereocenters. The van der Waals surface area contributed by atoms with E-state index in [1.165, 1.54) is 5.01 Å². The number of nitrogens with zero attached hydrogens (tertiary/aromatic N) is 2. The minimum absolute atomic E-state index is 0.0228. The highest BCUT2D eigenvalue weighted by atomic mass is 32.2. The van der Waals surface area contributed by atoms with Crippen molar-refractivity contribution in [2.45, 2.75) is 142 Å². The predicted molar refractivity (Wildman–Crippen MR) is 185 cm³/mol. The number of sulfonamides is 1. The van der Waals surface area contributed by atoms with Crippen molar-refractivity contribution in [1.82, 2.24) is 20.1 Å². The molecular formula is C36H62F2N4O5S. The normalized spacial score (nSPS) is 28.2. The van der Waals surface area contributed by atoms with Crippen LogP contribution in [0.1, 0.15) is 118 Å². The smallest absolute Gasteiger partial charge is 0.225 e. The Kier molecular flexibility index (Phi) is 17.0. The van der Waals surface area contributed by atoms with Crippen molar-refractivity contribution < 1.29 is 31.9 Å². The van der Waals surface area contributed by atoms with Crippen LogP contribution in [0.4, 0.5) is 8.78 Å². The van der Waals surface area contributed by atoms with Crippen LogP contribution in [0.25, 0.3) is 0 Å². The van der Waals surface area contributed by atoms with Gasteiger partial charge in [-0.25, -0.2) is 22.2 Å². The number of aliphatic hydroxyl groups is 1. The van der Waals surface area contributed by atoms with Crippen LogP contribution in [0.15, 0.2) is 0 Å². The number of rotatable bonds is 17. The average Bonchev–Trinajstić information content (AvgIpc) is 3.03. The number of amides is 2. The van der Waals surface area contributed by atoms with Gasteiger partial charge in [-0.2, -0.15) is 0 Å². The lowest BCUT2D eigenvalue weighted by molar-refractivity contribution is -0.139. The summed E-state index contributed by atoms with van der Waals surface area (Å²) in [5, 5.41) is 16.0. The van der Waals surface area contributed by atoms with E-state index < -0.39 is 46.3 Å². The van der Waals surface area contributed by atoms with Gasteiger partial charge < -0.3 is 15.3 Å². The quantitative estimate of drug-likeness (QED) is 0.143. The van der Waals surface area contributed by atoms with E-state index in [0.717, 1.165) is 44.9 Å². The topological polar surface area (TPSA) is 119 Å². The van der Waals surface area contributed by atoms with Crippen LogP contribution in [0.5, 0.6) is 0 Å². The molecule has 3 aliphatic carbocycles. The molecule has 0 saturated heterocycles. The van der Waals surface area contributed by atoms with Crippen LogP contribution in [0, 0.1) is 41.4 Å². The number of aliphatic hydroxyl groups excluding tert-OH is 1. The fraction of sp³-hybridized carbons (Fsp3) is 0.889. The van der Waals surface area contributed by atoms with Gasteiger partial charge in [0.2, 0.25) is 21.8 Å². The standard InChI is InChI=1S/C36H62F2N4O5S/c1-5-12-27-17-29(22-30(18-27)36(45)41(15-6-2)16-7-3)35(44)39-33(21-28-19-31(37)23-32(38)20-28)34(43)24-42(8-4)40-48(46,47)25-26-13-10-9-11-14-26/h26-34,40,43H,6-11,13-25H2,1-4H3,(H,39,44). The lowest BCUT2D eigenvalue weighted by Crippen LogP contribution is -2.55. The number of hydrogen-bond donors (Lipinski definition) is 3. The lowest BCUT2D eigenvalue weighted by atomic mass is 9.74. The van der Waals surface area contributed by atoms with E-state index in [1.54, 1.807) is 13.8 Å². The molecule has 12 heteroatoms. The molecule has 3 N–H and O–H groups in total. The maximum Gasteiger partial charge on any atom is 0.225 e. The predicted octanol–water partition coefficient (Wildman–Crippen LogP) is 5.14. The molecule has 3 aliphatic rings. The average molecular weight is 701 g/mol. The first-order valence-electron chi connectivity index (χ1n) is 18.6. The molecule has 9 nitrogen and oxygen atoms in total. The highest BCUT2D eigenvalue weighted by Crippen LogP contribution is 2.36. The Hall–Kier alpha value is -1.81. The van der Waals surface area contributed by atoms with Crippen molar-refractivity contribution in [2.75, 3.05) is 31.9 Å². The maximum absolute atomic E-state index is 14.4. The molecule has 276 valence electrons. The summed E-state index contributed by atoms with van der Waals surface area (Å²) in [6.07, 6.45) is 4.54. The van der Waals surface area contributed by atoms with Gasteiger partial charge >= 0.3 is 0 Å². The molecule has 3 saturated carbocycles. The zero-order valence-electron chi connectivity index (χ0n) is 29.8. The van der Waals surface area contributed by atoms with E-state index in [1.807, 2.05) is 18.7 Å². The number of carbonyl (C=O) groups excluding carboxylic acids is 2. The first-order valence-corrected chi connectivity index (χ1v) is 20.3. The van der Waals surface area contributed by atoms with Crippen molar-refractivity contribution in [3.05, 3.63) is 0 Å². The van der Waals surface area contributed by atoms with Crippen molar-refractivity contribution in [2.24, 2.45) is 29.6 Å². The van der Waals surface area contributed by atoms with E-state index in [9.17, 15) is 31.9 Å². The van der Waals surface area contributed by atoms with Crippen LogP contribution in [-0.4, -0.2) is 91.7 Å². The number of nitrogens with one attached hydrogen (secondary N) is 2. The van der Waals surface area contributed by atoms with Gasteiger partial charge in [0.05, 0.1) is 17.9 Å². The first-order chi connectivity index (χ1) is 22.9. The summed E-state index contributed by atoms with van der Waals surface area (Å²) < 4.78 is 55.0. The molecular weight excluding hydrogens is 638 g/mol. The Morgan fingerprint density at radius 2 is 1.52 bits per heavy atom. The van der Waals surface area contributed by atoms with Crippen molar-refractivity contribution >= 4 is 21.8 Å². The Bertz CT molecular complexity index is 1160. The summed E-state index contributed by atoms with van der Waals surface area (Å²) in [7, 11) is -3.66. The number of halogens is 2. The highest BCUT2D eigenvalue weighted by molar-refractivity contribution is 7.89. The monoisotopic (exact) mass is 700 g/mol. The van der Waals surface area contributed by atoms with Gasteiger partial charge in [0.25, 0.3) is 0 Å². The molecule has 3 rings (SSSR count). The SMILES string of the molecule is CC#CC1CC(C(=O)NC(CC2CC(F)CC(F)C2)C(O)CN(CC)NS(=O)(=O)CC2CCCCC2)CC(C(=O)N(CCC)CCC)C1. The van der Waals surface area contributed by atoms with E-state index in [2.05, 4.69) is 22.0 Å². The number of hydrogen-bond acceptors (Lipinski definition) is 6. The number of hydrazine groups is 1. The number of carbonyl (C=O) groups is 2. The number of likely N-dealkylation sites (N-methyl/N-ethyl adjacent to an activating group) is 1. The molecule has 7 unspecified atom stereocenters. The third kappa shape index (κ3) is 13.1. The van der Waals surface area contributed by atoms with Crippen LogP contribution in [0.2, 0.25) is 0 Å². The van der Waals surface area contributed by atoms with E-state index in [0.29, 0.717) is 32.4 Å². The largest absolute Gasteiger partial charge is 0.390 e. The zero-order chi connectivity index (χ0) is 35.3. The Labute approximate surface area is 288 Å². The molecule has 0 aromatic carbocycles. The summed E-state index contributed by atoms with van der Waals surface area (Å²) >= 11 is 0. The molecule has 0 spiro atoms. The lowest BCUT2D eigenvalue weighted by Gasteiger charge is -2.37. The second kappa shape index (κ2) is 20.1. The molecule has 0 aliphatic heterocycles. The van der Waals surface area contributed by atoms with Gasteiger partial charge in [0, 0.05) is 50.4 Å². The van der Waals surface area contributed by atoms with E-state index in [-0.39, 0.29) is 74.1 Å². The highest BCUT2D eigenvalue weighted by Gasteiger charge is 2.39. The maximum atomic E-state index is 14.4. The van der Waals surface area contributed by atoms with Crippen LogP contribution in [0.3, 0.4) is 0 Å². The number of alkyl halides is 2. The third-order valence-electron chi connectivity index (χ3n) is 10.4. The first kappa shape index (κ1) is 40.6. The van der Waals surface area contributed by atoms with Crippen LogP contribution in [-0.2, 0) is 19.6 Å². The van der Waals surface area contributed by atoms with Gasteiger partial charge in [-0.3, -0.25) is 9.59 Å². The fourth-order valence-electron chi connectivity index (χ4n) is 8.12. The molecule has 0 bridgehead atoms. The second-order valence-corrected chi connectivity index (χ2v) is 16.4. The summed E-state index contributed by atoms with van der Waals surface area (Å²) in [4.78, 5) is 32.1. The summed E-state index contributed by atoms with van der Waals surface area (Å²) in [5.74, 6) is 4.59. The van der Waals surface area contributed by atoms with Crippen molar-refractivity contribution in [3.63, 3.8) is 0 Å². The zero-order valence-corrected chi connectivity index (χ0v) is 30.6. The molecule has 0 aromatic rings. The van der Waals surface area contributed by atoms with E-state index in [4.69, 9.17) is 0 Å². The molecule has 0 aromatic heterocycles. The van der Waals surface area contributed by atoms with Gasteiger partial charge in [0.1, 0.15) is 12.3 Å². The minimum atomic E-state index is -3.66. The minimum Gasteiger partial charge on any atom is -0.390 e. The molecule has 3 fully saturated rings. The summed E-state index contributed by atoms with van der Waals surface area (Å²) in [6, 6.07) is -0.861. The van der Waals surface area contributed by atoms with Gasteiger partial charge in [-0.1, -0.05) is 40.0 Å². The van der Waals surface area contributed by atoms with Crippen LogP contribution >= 0.6 is 0 Å². The third-order valence-corrected chi connectivity index (χ3v) is 11.8. The van der Waals surface area contributed by atoms with Gasteiger partial charge in [0.15, 0.2) is 0 Å². The molecule has 0 heterocycles. The molecule has 2 amide bonds. The van der Waals surface area contributed by atoms with Crippen LogP contribution < -0.4 is 10.1 Å². The van der Waals surface area contributed by atoms with Crippen molar-refractivity contribution in [1.29, 1.82) is 0 Å². The summed E-state index contributed by atoms with van der Waals surface area (Å²) in [5.41, 5.74) is 0. The second-order valence-electron chi connectivity index (χ2n) is 14.6. The fourth-order valence-corrected chi connectivity index (χ4v) is 9.75.